The maximum absolute atomic E-state index is 11.0. The molecule has 0 heterocycles. The third-order valence-corrected chi connectivity index (χ3v) is 2.84. The lowest BCUT2D eigenvalue weighted by atomic mass is 10.0. The minimum absolute atomic E-state index is 0.0522. The Kier molecular flexibility index (Phi) is 5.09. The summed E-state index contributed by atoms with van der Waals surface area (Å²) in [6.07, 6.45) is 0. The van der Waals surface area contributed by atoms with Gasteiger partial charge in [0.15, 0.2) is 0 Å². The minimum Gasteiger partial charge on any atom is -0.383 e. The lowest BCUT2D eigenvalue weighted by molar-refractivity contribution is -0.384. The van der Waals surface area contributed by atoms with E-state index in [1.54, 1.807) is 19.2 Å². The van der Waals surface area contributed by atoms with Crippen LogP contribution in [0.5, 0.6) is 0 Å². The van der Waals surface area contributed by atoms with Gasteiger partial charge in [-0.05, 0) is 24.5 Å². The Morgan fingerprint density at radius 2 is 2.11 bits per heavy atom. The molecule has 0 aromatic heterocycles. The highest BCUT2D eigenvalue weighted by molar-refractivity contribution is 5.63. The predicted molar refractivity (Wildman–Crippen MR) is 72.0 cm³/mol. The number of ether oxygens (including phenoxy) is 1. The number of nitro benzene ring substituents is 1. The first-order valence-corrected chi connectivity index (χ1v) is 5.96. The molecule has 0 aliphatic carbocycles. The Balaban J connectivity index is 2.98. The molecule has 0 saturated heterocycles. The second kappa shape index (κ2) is 6.35. The molecule has 1 rings (SSSR count). The molecule has 0 fully saturated rings. The van der Waals surface area contributed by atoms with Gasteiger partial charge < -0.3 is 10.1 Å². The van der Waals surface area contributed by atoms with Crippen LogP contribution in [0.4, 0.5) is 11.4 Å². The van der Waals surface area contributed by atoms with Crippen molar-refractivity contribution in [2.24, 2.45) is 5.92 Å². The molecule has 1 N–H and O–H groups in total. The van der Waals surface area contributed by atoms with E-state index in [0.29, 0.717) is 18.2 Å². The zero-order chi connectivity index (χ0) is 13.7. The standard InChI is InChI=1S/C13H20N2O3/c1-9(2)12(8-18-4)14-11-6-5-10(3)7-13(11)15(16)17/h5-7,9,12,14H,8H2,1-4H3. The summed E-state index contributed by atoms with van der Waals surface area (Å²) in [5.41, 5.74) is 1.53. The zero-order valence-electron chi connectivity index (χ0n) is 11.3. The molecular weight excluding hydrogens is 232 g/mol. The maximum Gasteiger partial charge on any atom is 0.292 e. The number of rotatable bonds is 6. The van der Waals surface area contributed by atoms with Crippen LogP contribution in [-0.2, 0) is 4.74 Å². The smallest absolute Gasteiger partial charge is 0.292 e. The third kappa shape index (κ3) is 3.70. The molecule has 0 amide bonds. The van der Waals surface area contributed by atoms with E-state index < -0.39 is 0 Å². The summed E-state index contributed by atoms with van der Waals surface area (Å²) in [7, 11) is 1.63. The van der Waals surface area contributed by atoms with E-state index in [1.165, 1.54) is 0 Å². The van der Waals surface area contributed by atoms with E-state index in [4.69, 9.17) is 4.74 Å². The van der Waals surface area contributed by atoms with Gasteiger partial charge in [0, 0.05) is 13.2 Å². The van der Waals surface area contributed by atoms with Crippen molar-refractivity contribution in [1.82, 2.24) is 0 Å². The molecule has 1 aromatic rings. The Bertz CT molecular complexity index is 419. The van der Waals surface area contributed by atoms with Crippen LogP contribution in [0.2, 0.25) is 0 Å². The number of benzene rings is 1. The van der Waals surface area contributed by atoms with Gasteiger partial charge in [-0.3, -0.25) is 10.1 Å². The molecule has 0 aliphatic heterocycles. The maximum atomic E-state index is 11.0. The van der Waals surface area contributed by atoms with Crippen LogP contribution in [0, 0.1) is 23.0 Å². The number of aryl methyl sites for hydroxylation is 1. The van der Waals surface area contributed by atoms with Crippen LogP contribution in [0.25, 0.3) is 0 Å². The zero-order valence-corrected chi connectivity index (χ0v) is 11.3. The van der Waals surface area contributed by atoms with Crippen LogP contribution in [-0.4, -0.2) is 24.7 Å². The van der Waals surface area contributed by atoms with E-state index >= 15 is 0 Å². The van der Waals surface area contributed by atoms with E-state index in [-0.39, 0.29) is 16.7 Å². The molecule has 0 aliphatic rings. The largest absolute Gasteiger partial charge is 0.383 e. The van der Waals surface area contributed by atoms with E-state index in [2.05, 4.69) is 19.2 Å². The number of hydrogen-bond donors (Lipinski definition) is 1. The van der Waals surface area contributed by atoms with Gasteiger partial charge in [0.2, 0.25) is 0 Å². The molecule has 1 unspecified atom stereocenters. The normalized spacial score (nSPS) is 12.5. The van der Waals surface area contributed by atoms with Crippen molar-refractivity contribution >= 4 is 11.4 Å². The second-order valence-corrected chi connectivity index (χ2v) is 4.73. The molecular formula is C13H20N2O3. The summed E-state index contributed by atoms with van der Waals surface area (Å²) >= 11 is 0. The first-order valence-electron chi connectivity index (χ1n) is 5.96. The van der Waals surface area contributed by atoms with Crippen molar-refractivity contribution < 1.29 is 9.66 Å². The molecule has 18 heavy (non-hydrogen) atoms. The summed E-state index contributed by atoms with van der Waals surface area (Å²) < 4.78 is 5.13. The van der Waals surface area contributed by atoms with Crippen LogP contribution in [0.3, 0.4) is 0 Å². The summed E-state index contributed by atoms with van der Waals surface area (Å²) in [5, 5.41) is 14.2. The summed E-state index contributed by atoms with van der Waals surface area (Å²) in [6, 6.07) is 5.24. The Morgan fingerprint density at radius 1 is 1.44 bits per heavy atom. The SMILES string of the molecule is COCC(Nc1ccc(C)cc1[N+](=O)[O-])C(C)C. The summed E-state index contributed by atoms with van der Waals surface area (Å²) in [5.74, 6) is 0.325. The minimum atomic E-state index is -0.362. The molecule has 5 heteroatoms. The molecule has 5 nitrogen and oxygen atoms in total. The van der Waals surface area contributed by atoms with E-state index in [1.807, 2.05) is 13.0 Å². The quantitative estimate of drug-likeness (QED) is 0.624. The lowest BCUT2D eigenvalue weighted by Crippen LogP contribution is -2.30. The van der Waals surface area contributed by atoms with Crippen molar-refractivity contribution in [3.63, 3.8) is 0 Å². The van der Waals surface area contributed by atoms with Crippen molar-refractivity contribution in [3.05, 3.63) is 33.9 Å². The molecule has 0 saturated carbocycles. The first kappa shape index (κ1) is 14.4. The number of nitrogens with one attached hydrogen (secondary N) is 1. The second-order valence-electron chi connectivity index (χ2n) is 4.73. The number of anilines is 1. The van der Waals surface area contributed by atoms with E-state index in [0.717, 1.165) is 5.56 Å². The number of methoxy groups -OCH3 is 1. The van der Waals surface area contributed by atoms with Crippen molar-refractivity contribution in [1.29, 1.82) is 0 Å². The van der Waals surface area contributed by atoms with Gasteiger partial charge in [-0.1, -0.05) is 19.9 Å². The van der Waals surface area contributed by atoms with Gasteiger partial charge in [0.25, 0.3) is 5.69 Å². The highest BCUT2D eigenvalue weighted by Gasteiger charge is 2.19. The van der Waals surface area contributed by atoms with Crippen LogP contribution in [0.15, 0.2) is 18.2 Å². The monoisotopic (exact) mass is 252 g/mol. The fourth-order valence-corrected chi connectivity index (χ4v) is 1.69. The molecule has 0 radical (unpaired) electrons. The Hall–Kier alpha value is -1.62. The average molecular weight is 252 g/mol. The highest BCUT2D eigenvalue weighted by atomic mass is 16.6. The number of hydrogen-bond acceptors (Lipinski definition) is 4. The molecule has 0 spiro atoms. The highest BCUT2D eigenvalue weighted by Crippen LogP contribution is 2.26. The summed E-state index contributed by atoms with van der Waals surface area (Å²) in [6.45, 7) is 6.46. The van der Waals surface area contributed by atoms with Gasteiger partial charge in [-0.15, -0.1) is 0 Å². The number of nitro groups is 1. The molecule has 0 bridgehead atoms. The Labute approximate surface area is 107 Å². The van der Waals surface area contributed by atoms with Crippen LogP contribution >= 0.6 is 0 Å². The summed E-state index contributed by atoms with van der Waals surface area (Å²) in [4.78, 5) is 10.7. The predicted octanol–water partition coefficient (Wildman–Crippen LogP) is 2.99. The van der Waals surface area contributed by atoms with Crippen molar-refractivity contribution in [2.75, 3.05) is 19.0 Å². The lowest BCUT2D eigenvalue weighted by Gasteiger charge is -2.22. The molecule has 1 atom stereocenters. The number of nitrogens with zero attached hydrogens (tertiary/aromatic N) is 1. The van der Waals surface area contributed by atoms with Gasteiger partial charge in [0.05, 0.1) is 17.6 Å². The molecule has 100 valence electrons. The Morgan fingerprint density at radius 3 is 2.61 bits per heavy atom. The fraction of sp³-hybridized carbons (Fsp3) is 0.538. The molecule has 1 aromatic carbocycles. The third-order valence-electron chi connectivity index (χ3n) is 2.84. The van der Waals surface area contributed by atoms with E-state index in [9.17, 15) is 10.1 Å². The first-order chi connectivity index (χ1) is 8.45. The van der Waals surface area contributed by atoms with Crippen LogP contribution in [0.1, 0.15) is 19.4 Å². The van der Waals surface area contributed by atoms with Gasteiger partial charge >= 0.3 is 0 Å². The van der Waals surface area contributed by atoms with Crippen molar-refractivity contribution in [2.45, 2.75) is 26.8 Å². The fourth-order valence-electron chi connectivity index (χ4n) is 1.69. The topological polar surface area (TPSA) is 64.4 Å². The van der Waals surface area contributed by atoms with Gasteiger partial charge in [-0.2, -0.15) is 0 Å². The van der Waals surface area contributed by atoms with Gasteiger partial charge in [-0.25, -0.2) is 0 Å². The van der Waals surface area contributed by atoms with Gasteiger partial charge in [0.1, 0.15) is 5.69 Å². The van der Waals surface area contributed by atoms with Crippen molar-refractivity contribution in [3.8, 4) is 0 Å². The van der Waals surface area contributed by atoms with Crippen LogP contribution < -0.4 is 5.32 Å². The average Bonchev–Trinajstić information content (AvgIpc) is 2.30.